The number of rotatable bonds is 3. The summed E-state index contributed by atoms with van der Waals surface area (Å²) in [6.45, 7) is 0.520. The van der Waals surface area contributed by atoms with Crippen LogP contribution in [0.1, 0.15) is 17.9 Å². The van der Waals surface area contributed by atoms with Crippen molar-refractivity contribution in [2.75, 3.05) is 17.2 Å². The number of aromatic nitrogens is 2. The van der Waals surface area contributed by atoms with Gasteiger partial charge in [0.15, 0.2) is 0 Å². The Morgan fingerprint density at radius 3 is 2.79 bits per heavy atom. The van der Waals surface area contributed by atoms with Gasteiger partial charge in [-0.25, -0.2) is 4.98 Å². The van der Waals surface area contributed by atoms with Crippen molar-refractivity contribution < 1.29 is 4.79 Å². The van der Waals surface area contributed by atoms with Crippen molar-refractivity contribution >= 4 is 28.4 Å². The van der Waals surface area contributed by atoms with Crippen LogP contribution in [0.15, 0.2) is 53.3 Å². The third-order valence-corrected chi connectivity index (χ3v) is 4.24. The first-order valence-corrected chi connectivity index (χ1v) is 7.82. The molecule has 1 amide bonds. The molecular formula is C18H16N4O2. The van der Waals surface area contributed by atoms with E-state index in [9.17, 15) is 9.59 Å². The van der Waals surface area contributed by atoms with Gasteiger partial charge in [-0.15, -0.1) is 0 Å². The summed E-state index contributed by atoms with van der Waals surface area (Å²) in [5, 5.41) is 6.60. The molecule has 24 heavy (non-hydrogen) atoms. The summed E-state index contributed by atoms with van der Waals surface area (Å²) in [5.74, 6) is 0.453. The van der Waals surface area contributed by atoms with Gasteiger partial charge in [0.1, 0.15) is 0 Å². The number of nitrogens with zero attached hydrogens (tertiary/aromatic N) is 1. The third kappa shape index (κ3) is 2.62. The van der Waals surface area contributed by atoms with Crippen LogP contribution in [0.25, 0.3) is 10.9 Å². The van der Waals surface area contributed by atoms with Crippen LogP contribution in [-0.2, 0) is 4.79 Å². The number of nitrogens with one attached hydrogen (secondary N) is 3. The molecule has 1 aliphatic rings. The maximum absolute atomic E-state index is 12.1. The maximum Gasteiger partial charge on any atom is 0.260 e. The lowest BCUT2D eigenvalue weighted by molar-refractivity contribution is -0.116. The molecule has 1 aromatic heterocycles. The molecule has 2 aromatic carbocycles. The van der Waals surface area contributed by atoms with Crippen molar-refractivity contribution in [2.24, 2.45) is 0 Å². The van der Waals surface area contributed by atoms with E-state index in [0.717, 1.165) is 11.3 Å². The van der Waals surface area contributed by atoms with Crippen molar-refractivity contribution in [3.8, 4) is 0 Å². The highest BCUT2D eigenvalue weighted by molar-refractivity contribution is 5.94. The van der Waals surface area contributed by atoms with Crippen LogP contribution < -0.4 is 16.2 Å². The second-order valence-electron chi connectivity index (χ2n) is 5.85. The number of benzene rings is 2. The number of anilines is 2. The molecule has 3 aromatic rings. The Morgan fingerprint density at radius 1 is 1.08 bits per heavy atom. The number of H-pyrrole nitrogens is 1. The predicted octanol–water partition coefficient (Wildman–Crippen LogP) is 2.46. The number of para-hydroxylation sites is 2. The minimum Gasteiger partial charge on any atom is -0.355 e. The molecule has 0 bridgehead atoms. The van der Waals surface area contributed by atoms with Gasteiger partial charge in [0, 0.05) is 24.6 Å². The highest BCUT2D eigenvalue weighted by Gasteiger charge is 2.24. The van der Waals surface area contributed by atoms with Crippen LogP contribution in [-0.4, -0.2) is 22.4 Å². The molecule has 120 valence electrons. The summed E-state index contributed by atoms with van der Waals surface area (Å²) >= 11 is 0. The second-order valence-corrected chi connectivity index (χ2v) is 5.85. The summed E-state index contributed by atoms with van der Waals surface area (Å²) in [5.41, 5.74) is 2.41. The standard InChI is InChI=1S/C18H16N4O2/c23-16-9-11(12-5-1-3-7-14(12)20-16)10-19-18-21-15-8-4-2-6-13(15)17(24)22-18/h1-8,11H,9-10H2,(H,20,23)(H2,19,21,22,24)/t11-/m0/s1. The number of fused-ring (bicyclic) bond motifs is 2. The number of aromatic amines is 1. The summed E-state index contributed by atoms with van der Waals surface area (Å²) in [4.78, 5) is 31.1. The molecule has 3 N–H and O–H groups in total. The molecule has 0 saturated carbocycles. The van der Waals surface area contributed by atoms with Gasteiger partial charge in [0.05, 0.1) is 10.9 Å². The van der Waals surface area contributed by atoms with E-state index in [-0.39, 0.29) is 17.4 Å². The van der Waals surface area contributed by atoms with Gasteiger partial charge >= 0.3 is 0 Å². The van der Waals surface area contributed by atoms with Crippen LogP contribution >= 0.6 is 0 Å². The van der Waals surface area contributed by atoms with Crippen molar-refractivity contribution in [1.82, 2.24) is 9.97 Å². The Kier molecular flexibility index (Phi) is 3.49. The largest absolute Gasteiger partial charge is 0.355 e. The average Bonchev–Trinajstić information content (AvgIpc) is 2.59. The lowest BCUT2D eigenvalue weighted by atomic mass is 9.90. The van der Waals surface area contributed by atoms with Gasteiger partial charge < -0.3 is 10.6 Å². The summed E-state index contributed by atoms with van der Waals surface area (Å²) in [7, 11) is 0. The van der Waals surface area contributed by atoms with Gasteiger partial charge in [-0.2, -0.15) is 0 Å². The predicted molar refractivity (Wildman–Crippen MR) is 93.3 cm³/mol. The normalized spacial score (nSPS) is 16.5. The van der Waals surface area contributed by atoms with Gasteiger partial charge in [0.25, 0.3) is 5.56 Å². The van der Waals surface area contributed by atoms with E-state index in [2.05, 4.69) is 20.6 Å². The van der Waals surface area contributed by atoms with Gasteiger partial charge in [0.2, 0.25) is 11.9 Å². The Balaban J connectivity index is 1.59. The smallest absolute Gasteiger partial charge is 0.260 e. The first-order valence-electron chi connectivity index (χ1n) is 7.82. The lowest BCUT2D eigenvalue weighted by Gasteiger charge is -2.25. The Hall–Kier alpha value is -3.15. The zero-order valence-electron chi connectivity index (χ0n) is 12.9. The third-order valence-electron chi connectivity index (χ3n) is 4.24. The number of carbonyl (C=O) groups excluding carboxylic acids is 1. The molecule has 0 radical (unpaired) electrons. The van der Waals surface area contributed by atoms with E-state index in [1.807, 2.05) is 36.4 Å². The van der Waals surface area contributed by atoms with Crippen LogP contribution in [0.4, 0.5) is 11.6 Å². The lowest BCUT2D eigenvalue weighted by Crippen LogP contribution is -2.27. The highest BCUT2D eigenvalue weighted by atomic mass is 16.1. The number of hydrogen-bond acceptors (Lipinski definition) is 4. The zero-order valence-corrected chi connectivity index (χ0v) is 12.9. The van der Waals surface area contributed by atoms with Crippen LogP contribution in [0.3, 0.4) is 0 Å². The minimum atomic E-state index is -0.176. The van der Waals surface area contributed by atoms with Crippen molar-refractivity contribution in [1.29, 1.82) is 0 Å². The van der Waals surface area contributed by atoms with E-state index in [1.165, 1.54) is 0 Å². The molecule has 1 aliphatic heterocycles. The molecule has 4 rings (SSSR count). The average molecular weight is 320 g/mol. The Labute approximate surface area is 137 Å². The summed E-state index contributed by atoms with van der Waals surface area (Å²) in [6.07, 6.45) is 0.405. The molecular weight excluding hydrogens is 304 g/mol. The van der Waals surface area contributed by atoms with Crippen molar-refractivity contribution in [3.05, 3.63) is 64.4 Å². The molecule has 0 unspecified atom stereocenters. The molecule has 6 heteroatoms. The van der Waals surface area contributed by atoms with Gasteiger partial charge in [-0.3, -0.25) is 14.6 Å². The van der Waals surface area contributed by atoms with E-state index < -0.39 is 0 Å². The zero-order chi connectivity index (χ0) is 16.5. The second kappa shape index (κ2) is 5.81. The molecule has 0 saturated heterocycles. The fraction of sp³-hybridized carbons (Fsp3) is 0.167. The number of amides is 1. The first kappa shape index (κ1) is 14.4. The molecule has 1 atom stereocenters. The van der Waals surface area contributed by atoms with Crippen molar-refractivity contribution in [2.45, 2.75) is 12.3 Å². The van der Waals surface area contributed by atoms with E-state index >= 15 is 0 Å². The molecule has 2 heterocycles. The van der Waals surface area contributed by atoms with Crippen molar-refractivity contribution in [3.63, 3.8) is 0 Å². The molecule has 0 spiro atoms. The summed E-state index contributed by atoms with van der Waals surface area (Å²) in [6, 6.07) is 15.0. The van der Waals surface area contributed by atoms with E-state index in [4.69, 9.17) is 0 Å². The highest BCUT2D eigenvalue weighted by Crippen LogP contribution is 2.31. The monoisotopic (exact) mass is 320 g/mol. The Morgan fingerprint density at radius 2 is 1.88 bits per heavy atom. The van der Waals surface area contributed by atoms with Crippen LogP contribution in [0.5, 0.6) is 0 Å². The fourth-order valence-corrected chi connectivity index (χ4v) is 3.07. The molecule has 0 fully saturated rings. The number of carbonyl (C=O) groups is 1. The topological polar surface area (TPSA) is 86.9 Å². The fourth-order valence-electron chi connectivity index (χ4n) is 3.07. The minimum absolute atomic E-state index is 0.000430. The van der Waals surface area contributed by atoms with Gasteiger partial charge in [-0.1, -0.05) is 30.3 Å². The van der Waals surface area contributed by atoms with Gasteiger partial charge in [-0.05, 0) is 23.8 Å². The first-order chi connectivity index (χ1) is 11.7. The SMILES string of the molecule is O=C1C[C@@H](CNc2nc3ccccc3c(=O)[nH]2)c2ccccc2N1. The van der Waals surface area contributed by atoms with E-state index in [0.29, 0.717) is 29.8 Å². The van der Waals surface area contributed by atoms with E-state index in [1.54, 1.807) is 12.1 Å². The summed E-state index contributed by atoms with van der Waals surface area (Å²) < 4.78 is 0. The van der Waals surface area contributed by atoms with Crippen LogP contribution in [0.2, 0.25) is 0 Å². The Bertz CT molecular complexity index is 980. The number of hydrogen-bond donors (Lipinski definition) is 3. The molecule has 0 aliphatic carbocycles. The maximum atomic E-state index is 12.1. The quantitative estimate of drug-likeness (QED) is 0.692. The molecule has 6 nitrogen and oxygen atoms in total. The van der Waals surface area contributed by atoms with Crippen LogP contribution in [0, 0.1) is 0 Å².